The second kappa shape index (κ2) is 5.68. The molecule has 124 valence electrons. The fraction of sp³-hybridized carbons (Fsp3) is 0.526. The van der Waals surface area contributed by atoms with Gasteiger partial charge in [0.25, 0.3) is 5.91 Å². The van der Waals surface area contributed by atoms with Crippen molar-refractivity contribution in [3.05, 3.63) is 35.0 Å². The number of carbonyl (C=O) groups excluding carboxylic acids is 1. The minimum absolute atomic E-state index is 0.152. The van der Waals surface area contributed by atoms with Crippen molar-refractivity contribution in [2.24, 2.45) is 0 Å². The van der Waals surface area contributed by atoms with Crippen molar-refractivity contribution in [1.82, 2.24) is 14.8 Å². The molecule has 2 heterocycles. The highest BCUT2D eigenvalue weighted by Crippen LogP contribution is 2.24. The maximum absolute atomic E-state index is 12.8. The van der Waals surface area contributed by atoms with Crippen molar-refractivity contribution >= 4 is 16.8 Å². The molecule has 2 aromatic rings. The number of nitrogens with zero attached hydrogens (tertiary/aromatic N) is 2. The lowest BCUT2D eigenvalue weighted by molar-refractivity contribution is 0.0451. The molecule has 1 aromatic carbocycles. The molecule has 3 rings (SSSR count). The van der Waals surface area contributed by atoms with Gasteiger partial charge in [0, 0.05) is 53.9 Å². The summed E-state index contributed by atoms with van der Waals surface area (Å²) in [6.07, 6.45) is 0. The van der Waals surface area contributed by atoms with E-state index < -0.39 is 0 Å². The Morgan fingerprint density at radius 1 is 1.09 bits per heavy atom. The second-order valence-electron chi connectivity index (χ2n) is 7.59. The van der Waals surface area contributed by atoms with Gasteiger partial charge in [-0.2, -0.15) is 0 Å². The fourth-order valence-electron chi connectivity index (χ4n) is 3.36. The summed E-state index contributed by atoms with van der Waals surface area (Å²) >= 11 is 0. The lowest BCUT2D eigenvalue weighted by atomic mass is 10.0. The van der Waals surface area contributed by atoms with Crippen molar-refractivity contribution in [1.29, 1.82) is 0 Å². The number of aromatic amines is 1. The molecule has 1 fully saturated rings. The van der Waals surface area contributed by atoms with Crippen molar-refractivity contribution in [2.45, 2.75) is 40.2 Å². The first kappa shape index (κ1) is 16.1. The molecule has 1 aromatic heterocycles. The predicted molar refractivity (Wildman–Crippen MR) is 95.0 cm³/mol. The van der Waals surface area contributed by atoms with Crippen LogP contribution >= 0.6 is 0 Å². The Morgan fingerprint density at radius 3 is 2.35 bits per heavy atom. The number of aryl methyl sites for hydroxylation is 2. The number of benzene rings is 1. The molecule has 4 nitrogen and oxygen atoms in total. The number of amides is 1. The first-order valence-electron chi connectivity index (χ1n) is 8.40. The van der Waals surface area contributed by atoms with Crippen LogP contribution in [0.15, 0.2) is 18.2 Å². The summed E-state index contributed by atoms with van der Waals surface area (Å²) in [6.45, 7) is 14.4. The molecule has 0 radical (unpaired) electrons. The first-order chi connectivity index (χ1) is 10.8. The van der Waals surface area contributed by atoms with Gasteiger partial charge in [-0.1, -0.05) is 0 Å². The lowest BCUT2D eigenvalue weighted by Crippen LogP contribution is -2.54. The van der Waals surface area contributed by atoms with Gasteiger partial charge in [0.1, 0.15) is 0 Å². The minimum atomic E-state index is 0.152. The zero-order valence-corrected chi connectivity index (χ0v) is 14.9. The fourth-order valence-corrected chi connectivity index (χ4v) is 3.36. The molecule has 0 aliphatic carbocycles. The van der Waals surface area contributed by atoms with Crippen molar-refractivity contribution < 1.29 is 4.79 Å². The highest BCUT2D eigenvalue weighted by molar-refractivity contribution is 5.99. The summed E-state index contributed by atoms with van der Waals surface area (Å²) in [5.74, 6) is 0.152. The van der Waals surface area contributed by atoms with Crippen LogP contribution < -0.4 is 0 Å². The number of carbonyl (C=O) groups is 1. The van der Waals surface area contributed by atoms with Crippen LogP contribution in [-0.4, -0.2) is 52.4 Å². The van der Waals surface area contributed by atoms with E-state index in [4.69, 9.17) is 0 Å². The molecule has 0 atom stereocenters. The topological polar surface area (TPSA) is 39.3 Å². The van der Waals surface area contributed by atoms with Crippen LogP contribution in [-0.2, 0) is 0 Å². The number of fused-ring (bicyclic) bond motifs is 1. The molecule has 0 bridgehead atoms. The van der Waals surface area contributed by atoms with Crippen LogP contribution in [0, 0.1) is 13.8 Å². The third-order valence-electron chi connectivity index (χ3n) is 5.07. The van der Waals surface area contributed by atoms with Crippen LogP contribution in [0.3, 0.4) is 0 Å². The van der Waals surface area contributed by atoms with Crippen LogP contribution in [0.1, 0.15) is 42.4 Å². The normalized spacial score (nSPS) is 17.0. The molecular formula is C19H27N3O. The van der Waals surface area contributed by atoms with E-state index >= 15 is 0 Å². The molecule has 1 amide bonds. The van der Waals surface area contributed by atoms with Crippen molar-refractivity contribution in [3.63, 3.8) is 0 Å². The monoisotopic (exact) mass is 313 g/mol. The molecule has 1 aliphatic heterocycles. The maximum atomic E-state index is 12.8. The summed E-state index contributed by atoms with van der Waals surface area (Å²) in [4.78, 5) is 20.6. The van der Waals surface area contributed by atoms with E-state index in [1.807, 2.05) is 23.1 Å². The summed E-state index contributed by atoms with van der Waals surface area (Å²) in [7, 11) is 0. The third-order valence-corrected chi connectivity index (χ3v) is 5.07. The van der Waals surface area contributed by atoms with Crippen LogP contribution in [0.4, 0.5) is 0 Å². The number of nitrogens with one attached hydrogen (secondary N) is 1. The Bertz CT molecular complexity index is 731. The second-order valence-corrected chi connectivity index (χ2v) is 7.59. The van der Waals surface area contributed by atoms with Gasteiger partial charge in [-0.25, -0.2) is 0 Å². The highest BCUT2D eigenvalue weighted by atomic mass is 16.2. The molecule has 1 saturated heterocycles. The van der Waals surface area contributed by atoms with E-state index in [1.54, 1.807) is 0 Å². The predicted octanol–water partition coefficient (Wildman–Crippen LogP) is 3.34. The van der Waals surface area contributed by atoms with E-state index in [2.05, 4.69) is 44.5 Å². The van der Waals surface area contributed by atoms with Crippen LogP contribution in [0.5, 0.6) is 0 Å². The van der Waals surface area contributed by atoms with Gasteiger partial charge in [-0.3, -0.25) is 9.69 Å². The Labute approximate surface area is 138 Å². The SMILES string of the molecule is Cc1[nH]c2ccc(C(=O)N3CCN(C(C)(C)C)CC3)cc2c1C. The van der Waals surface area contributed by atoms with Gasteiger partial charge >= 0.3 is 0 Å². The Balaban J connectivity index is 1.78. The molecule has 0 saturated carbocycles. The Hall–Kier alpha value is -1.81. The van der Waals surface area contributed by atoms with Crippen LogP contribution in [0.2, 0.25) is 0 Å². The van der Waals surface area contributed by atoms with Gasteiger partial charge in [0.05, 0.1) is 0 Å². The minimum Gasteiger partial charge on any atom is -0.358 e. The Kier molecular flexibility index (Phi) is 3.96. The van der Waals surface area contributed by atoms with E-state index in [0.29, 0.717) is 0 Å². The largest absolute Gasteiger partial charge is 0.358 e. The zero-order chi connectivity index (χ0) is 16.8. The summed E-state index contributed by atoms with van der Waals surface area (Å²) < 4.78 is 0. The number of H-pyrrole nitrogens is 1. The number of aromatic nitrogens is 1. The standard InChI is InChI=1S/C19H27N3O/c1-13-14(2)20-17-7-6-15(12-16(13)17)18(23)21-8-10-22(11-9-21)19(3,4)5/h6-7,12,20H,8-11H2,1-5H3. The smallest absolute Gasteiger partial charge is 0.253 e. The van der Waals surface area contributed by atoms with E-state index in [1.165, 1.54) is 11.3 Å². The first-order valence-corrected chi connectivity index (χ1v) is 8.40. The molecule has 1 aliphatic rings. The lowest BCUT2D eigenvalue weighted by Gasteiger charge is -2.42. The number of rotatable bonds is 1. The molecular weight excluding hydrogens is 286 g/mol. The molecule has 1 N–H and O–H groups in total. The molecule has 4 heteroatoms. The number of piperazine rings is 1. The van der Waals surface area contributed by atoms with Gasteiger partial charge in [0.2, 0.25) is 0 Å². The number of hydrogen-bond donors (Lipinski definition) is 1. The van der Waals surface area contributed by atoms with Gasteiger partial charge in [-0.05, 0) is 58.4 Å². The van der Waals surface area contributed by atoms with E-state index in [-0.39, 0.29) is 11.4 Å². The summed E-state index contributed by atoms with van der Waals surface area (Å²) in [5.41, 5.74) is 4.47. The quantitative estimate of drug-likeness (QED) is 0.877. The van der Waals surface area contributed by atoms with Gasteiger partial charge < -0.3 is 9.88 Å². The highest BCUT2D eigenvalue weighted by Gasteiger charge is 2.28. The average molecular weight is 313 g/mol. The molecule has 0 spiro atoms. The van der Waals surface area contributed by atoms with Crippen molar-refractivity contribution in [3.8, 4) is 0 Å². The molecule has 23 heavy (non-hydrogen) atoms. The zero-order valence-electron chi connectivity index (χ0n) is 14.9. The van der Waals surface area contributed by atoms with Crippen molar-refractivity contribution in [2.75, 3.05) is 26.2 Å². The van der Waals surface area contributed by atoms with E-state index in [0.717, 1.165) is 42.6 Å². The third kappa shape index (κ3) is 3.00. The van der Waals surface area contributed by atoms with E-state index in [9.17, 15) is 4.79 Å². The Morgan fingerprint density at radius 2 is 1.74 bits per heavy atom. The van der Waals surface area contributed by atoms with Gasteiger partial charge in [-0.15, -0.1) is 0 Å². The van der Waals surface area contributed by atoms with Gasteiger partial charge in [0.15, 0.2) is 0 Å². The number of hydrogen-bond acceptors (Lipinski definition) is 2. The maximum Gasteiger partial charge on any atom is 0.253 e. The molecule has 0 unspecified atom stereocenters. The summed E-state index contributed by atoms with van der Waals surface area (Å²) in [5, 5.41) is 1.15. The van der Waals surface area contributed by atoms with Crippen LogP contribution in [0.25, 0.3) is 10.9 Å². The summed E-state index contributed by atoms with van der Waals surface area (Å²) in [6, 6.07) is 6.00. The average Bonchev–Trinajstić information content (AvgIpc) is 2.80.